The van der Waals surface area contributed by atoms with Crippen LogP contribution in [0.5, 0.6) is 0 Å². The highest BCUT2D eigenvalue weighted by Gasteiger charge is 2.30. The van der Waals surface area contributed by atoms with Crippen LogP contribution in [0.15, 0.2) is 18.5 Å². The molecule has 2 unspecified atom stereocenters. The van der Waals surface area contributed by atoms with Crippen LogP contribution in [0.1, 0.15) is 36.0 Å². The third-order valence-electron chi connectivity index (χ3n) is 3.54. The second-order valence-corrected chi connectivity index (χ2v) is 4.64. The maximum Gasteiger partial charge on any atom is 0.167 e. The molecule has 17 heavy (non-hydrogen) atoms. The Kier molecular flexibility index (Phi) is 3.84. The molecule has 0 aliphatic heterocycles. The Bertz CT molecular complexity index is 408. The van der Waals surface area contributed by atoms with E-state index >= 15 is 0 Å². The summed E-state index contributed by atoms with van der Waals surface area (Å²) in [5.41, 5.74) is 6.07. The molecule has 1 aromatic rings. The van der Waals surface area contributed by atoms with Crippen molar-refractivity contribution in [3.05, 3.63) is 29.8 Å². The van der Waals surface area contributed by atoms with Gasteiger partial charge >= 0.3 is 0 Å². The number of pyridine rings is 1. The molecule has 92 valence electrons. The second kappa shape index (κ2) is 5.36. The highest BCUT2D eigenvalue weighted by Crippen LogP contribution is 2.31. The molecule has 1 fully saturated rings. The molecule has 2 rings (SSSR count). The Morgan fingerprint density at radius 3 is 2.88 bits per heavy atom. The molecule has 1 aromatic heterocycles. The van der Waals surface area contributed by atoms with E-state index in [0.717, 1.165) is 31.9 Å². The van der Waals surface area contributed by atoms with Crippen LogP contribution in [0.4, 0.5) is 4.39 Å². The summed E-state index contributed by atoms with van der Waals surface area (Å²) >= 11 is 0. The molecule has 1 aliphatic rings. The molecule has 1 heterocycles. The molecule has 2 atom stereocenters. The number of hydrogen-bond acceptors (Lipinski definition) is 3. The molecule has 0 radical (unpaired) electrons. The number of nitrogens with zero attached hydrogens (tertiary/aromatic N) is 1. The lowest BCUT2D eigenvalue weighted by Gasteiger charge is -2.29. The first-order chi connectivity index (χ1) is 8.22. The van der Waals surface area contributed by atoms with Crippen molar-refractivity contribution in [1.82, 2.24) is 4.98 Å². The maximum absolute atomic E-state index is 13.0. The second-order valence-electron chi connectivity index (χ2n) is 4.64. The van der Waals surface area contributed by atoms with Gasteiger partial charge in [0, 0.05) is 17.7 Å². The van der Waals surface area contributed by atoms with E-state index in [0.29, 0.717) is 12.1 Å². The van der Waals surface area contributed by atoms with Gasteiger partial charge in [-0.05, 0) is 31.4 Å². The lowest BCUT2D eigenvalue weighted by molar-refractivity contribution is 0.0829. The van der Waals surface area contributed by atoms with E-state index in [-0.39, 0.29) is 17.6 Å². The SMILES string of the molecule is NCC1CCCCC1C(=O)c1cncc(F)c1. The predicted octanol–water partition coefficient (Wildman–Crippen LogP) is 2.17. The van der Waals surface area contributed by atoms with Gasteiger partial charge in [-0.3, -0.25) is 9.78 Å². The van der Waals surface area contributed by atoms with Crippen LogP contribution in [0.3, 0.4) is 0 Å². The van der Waals surface area contributed by atoms with Crippen molar-refractivity contribution in [2.24, 2.45) is 17.6 Å². The fourth-order valence-corrected chi connectivity index (χ4v) is 2.60. The summed E-state index contributed by atoms with van der Waals surface area (Å²) in [6.45, 7) is 0.527. The van der Waals surface area contributed by atoms with Crippen molar-refractivity contribution in [3.8, 4) is 0 Å². The predicted molar refractivity (Wildman–Crippen MR) is 63.0 cm³/mol. The van der Waals surface area contributed by atoms with Gasteiger partial charge in [0.25, 0.3) is 0 Å². The first-order valence-electron chi connectivity index (χ1n) is 6.07. The normalized spacial score (nSPS) is 24.6. The van der Waals surface area contributed by atoms with Crippen molar-refractivity contribution < 1.29 is 9.18 Å². The number of carbonyl (C=O) groups excluding carboxylic acids is 1. The van der Waals surface area contributed by atoms with Crippen molar-refractivity contribution in [2.45, 2.75) is 25.7 Å². The van der Waals surface area contributed by atoms with E-state index in [4.69, 9.17) is 5.73 Å². The van der Waals surface area contributed by atoms with Crippen molar-refractivity contribution in [3.63, 3.8) is 0 Å². The summed E-state index contributed by atoms with van der Waals surface area (Å²) in [6.07, 6.45) is 6.58. The summed E-state index contributed by atoms with van der Waals surface area (Å²) in [4.78, 5) is 16.0. The molecule has 0 aromatic carbocycles. The minimum atomic E-state index is -0.462. The zero-order chi connectivity index (χ0) is 12.3. The fourth-order valence-electron chi connectivity index (χ4n) is 2.60. The molecule has 2 N–H and O–H groups in total. The summed E-state index contributed by atoms with van der Waals surface area (Å²) in [5.74, 6) is -0.292. The number of carbonyl (C=O) groups is 1. The Labute approximate surface area is 100 Å². The monoisotopic (exact) mass is 236 g/mol. The Balaban J connectivity index is 2.18. The van der Waals surface area contributed by atoms with Crippen molar-refractivity contribution in [1.29, 1.82) is 0 Å². The van der Waals surface area contributed by atoms with Gasteiger partial charge in [0.2, 0.25) is 0 Å². The van der Waals surface area contributed by atoms with Crippen LogP contribution in [-0.2, 0) is 0 Å². The number of aromatic nitrogens is 1. The lowest BCUT2D eigenvalue weighted by Crippen LogP contribution is -2.32. The third-order valence-corrected chi connectivity index (χ3v) is 3.54. The average molecular weight is 236 g/mol. The highest BCUT2D eigenvalue weighted by atomic mass is 19.1. The highest BCUT2D eigenvalue weighted by molar-refractivity contribution is 5.97. The zero-order valence-electron chi connectivity index (χ0n) is 9.73. The largest absolute Gasteiger partial charge is 0.330 e. The van der Waals surface area contributed by atoms with E-state index < -0.39 is 5.82 Å². The molecule has 0 spiro atoms. The zero-order valence-corrected chi connectivity index (χ0v) is 9.73. The van der Waals surface area contributed by atoms with Crippen LogP contribution in [0.2, 0.25) is 0 Å². The Hall–Kier alpha value is -1.29. The number of hydrogen-bond donors (Lipinski definition) is 1. The van der Waals surface area contributed by atoms with Crippen LogP contribution in [0, 0.1) is 17.7 Å². The molecule has 1 aliphatic carbocycles. The van der Waals surface area contributed by atoms with E-state index in [1.807, 2.05) is 0 Å². The minimum Gasteiger partial charge on any atom is -0.330 e. The van der Waals surface area contributed by atoms with Gasteiger partial charge < -0.3 is 5.73 Å². The first kappa shape index (κ1) is 12.2. The Morgan fingerprint density at radius 2 is 2.18 bits per heavy atom. The van der Waals surface area contributed by atoms with Gasteiger partial charge in [0.1, 0.15) is 5.82 Å². The van der Waals surface area contributed by atoms with E-state index in [1.165, 1.54) is 12.3 Å². The molecular weight excluding hydrogens is 219 g/mol. The third kappa shape index (κ3) is 2.69. The number of nitrogens with two attached hydrogens (primary N) is 1. The topological polar surface area (TPSA) is 56.0 Å². The molecule has 1 saturated carbocycles. The number of rotatable bonds is 3. The Morgan fingerprint density at radius 1 is 1.41 bits per heavy atom. The molecule has 3 nitrogen and oxygen atoms in total. The summed E-state index contributed by atoms with van der Waals surface area (Å²) in [7, 11) is 0. The molecular formula is C13H17FN2O. The lowest BCUT2D eigenvalue weighted by atomic mass is 9.75. The van der Waals surface area contributed by atoms with Crippen LogP contribution in [-0.4, -0.2) is 17.3 Å². The van der Waals surface area contributed by atoms with E-state index in [2.05, 4.69) is 4.98 Å². The molecule has 0 bridgehead atoms. The van der Waals surface area contributed by atoms with E-state index in [9.17, 15) is 9.18 Å². The van der Waals surface area contributed by atoms with Gasteiger partial charge in [-0.1, -0.05) is 12.8 Å². The van der Waals surface area contributed by atoms with Gasteiger partial charge in [-0.2, -0.15) is 0 Å². The van der Waals surface area contributed by atoms with Gasteiger partial charge in [0.05, 0.1) is 6.20 Å². The molecule has 4 heteroatoms. The number of Topliss-reactive ketones (excluding diaryl/α,β-unsaturated/α-hetero) is 1. The summed E-state index contributed by atoms with van der Waals surface area (Å²) < 4.78 is 13.0. The van der Waals surface area contributed by atoms with Crippen molar-refractivity contribution in [2.75, 3.05) is 6.54 Å². The smallest absolute Gasteiger partial charge is 0.167 e. The molecule has 0 amide bonds. The quantitative estimate of drug-likeness (QED) is 0.818. The van der Waals surface area contributed by atoms with E-state index in [1.54, 1.807) is 0 Å². The van der Waals surface area contributed by atoms with Gasteiger partial charge in [0.15, 0.2) is 5.78 Å². The van der Waals surface area contributed by atoms with Crippen LogP contribution in [0.25, 0.3) is 0 Å². The summed E-state index contributed by atoms with van der Waals surface area (Å²) in [6, 6.07) is 1.26. The maximum atomic E-state index is 13.0. The standard InChI is InChI=1S/C13H17FN2O/c14-11-5-10(7-16-8-11)13(17)12-4-2-1-3-9(12)6-15/h5,7-9,12H,1-4,6,15H2. The number of halogens is 1. The minimum absolute atomic E-state index is 0.00727. The average Bonchev–Trinajstić information content (AvgIpc) is 2.38. The number of ketones is 1. The molecule has 0 saturated heterocycles. The van der Waals surface area contributed by atoms with Crippen LogP contribution < -0.4 is 5.73 Å². The summed E-state index contributed by atoms with van der Waals surface area (Å²) in [5, 5.41) is 0. The first-order valence-corrected chi connectivity index (χ1v) is 6.07. The van der Waals surface area contributed by atoms with Crippen molar-refractivity contribution >= 4 is 5.78 Å². The van der Waals surface area contributed by atoms with Gasteiger partial charge in [-0.15, -0.1) is 0 Å². The fraction of sp³-hybridized carbons (Fsp3) is 0.538. The van der Waals surface area contributed by atoms with Gasteiger partial charge in [-0.25, -0.2) is 4.39 Å². The van der Waals surface area contributed by atoms with Crippen LogP contribution >= 0.6 is 0 Å².